The first kappa shape index (κ1) is 27.7. The van der Waals surface area contributed by atoms with Gasteiger partial charge in [0, 0.05) is 6.42 Å². The number of phenols is 2. The molecule has 12 heteroatoms. The van der Waals surface area contributed by atoms with Crippen molar-refractivity contribution in [1.82, 2.24) is 0 Å². The Morgan fingerprint density at radius 3 is 1.77 bits per heavy atom. The maximum absolute atomic E-state index is 13.3. The number of hydrogen-bond acceptors (Lipinski definition) is 7. The predicted molar refractivity (Wildman–Crippen MR) is 125 cm³/mol. The molecule has 31 heavy (non-hydrogen) atoms. The van der Waals surface area contributed by atoms with Crippen LogP contribution in [0.3, 0.4) is 0 Å². The normalized spacial score (nSPS) is 11.1. The maximum Gasteiger partial charge on any atom is 0.343 e. The van der Waals surface area contributed by atoms with Gasteiger partial charge >= 0.3 is 11.9 Å². The van der Waals surface area contributed by atoms with Crippen LogP contribution in [0, 0.1) is 0 Å². The smallest absolute Gasteiger partial charge is 0.343 e. The second-order valence-corrected chi connectivity index (χ2v) is 9.12. The van der Waals surface area contributed by atoms with Crippen molar-refractivity contribution in [2.45, 2.75) is 12.6 Å². The van der Waals surface area contributed by atoms with E-state index in [1.165, 1.54) is 7.11 Å². The summed E-state index contributed by atoms with van der Waals surface area (Å²) >= 11 is 12.5. The van der Waals surface area contributed by atoms with E-state index in [-0.39, 0.29) is 24.5 Å². The Kier molecular flexibility index (Phi) is 11.8. The number of benzene rings is 2. The summed E-state index contributed by atoms with van der Waals surface area (Å²) in [5.74, 6) is -0.787. The second kappa shape index (κ2) is 13.2. The Morgan fingerprint density at radius 1 is 0.903 bits per heavy atom. The summed E-state index contributed by atoms with van der Waals surface area (Å²) < 4.78 is 29.0. The molecule has 170 valence electrons. The van der Waals surface area contributed by atoms with Gasteiger partial charge in [0.2, 0.25) is 6.17 Å². The Morgan fingerprint density at radius 2 is 1.35 bits per heavy atom. The van der Waals surface area contributed by atoms with E-state index in [0.29, 0.717) is 29.2 Å². The van der Waals surface area contributed by atoms with E-state index in [1.807, 2.05) is 0 Å². The van der Waals surface area contributed by atoms with Gasteiger partial charge in [-0.1, -0.05) is 0 Å². The number of phenolic OH excluding ortho intramolecular Hbond substituents is 2. The lowest BCUT2D eigenvalue weighted by Crippen LogP contribution is -2.19. The molecule has 1 atom stereocenters. The fourth-order valence-electron chi connectivity index (χ4n) is 1.98. The largest absolute Gasteiger partial charge is 0.506 e. The molecule has 0 radical (unpaired) electrons. The van der Waals surface area contributed by atoms with E-state index < -0.39 is 18.1 Å². The van der Waals surface area contributed by atoms with Gasteiger partial charge in [0.15, 0.2) is 6.61 Å². The maximum atomic E-state index is 13.3. The van der Waals surface area contributed by atoms with Gasteiger partial charge in [-0.2, -0.15) is 0 Å². The molecule has 0 saturated carbocycles. The van der Waals surface area contributed by atoms with Crippen molar-refractivity contribution in [2.75, 3.05) is 20.8 Å². The number of carbonyl (C=O) groups excluding carboxylic acids is 2. The zero-order chi connectivity index (χ0) is 23.7. The number of rotatable bonds is 6. The van der Waals surface area contributed by atoms with Crippen LogP contribution in [0.5, 0.6) is 17.2 Å². The predicted octanol–water partition coefficient (Wildman–Crippen LogP) is 5.44. The van der Waals surface area contributed by atoms with Gasteiger partial charge < -0.3 is 24.4 Å². The summed E-state index contributed by atoms with van der Waals surface area (Å²) in [5, 5.41) is 18.9. The highest BCUT2D eigenvalue weighted by molar-refractivity contribution is 9.11. The highest BCUT2D eigenvalue weighted by atomic mass is 79.9. The summed E-state index contributed by atoms with van der Waals surface area (Å²) in [6.45, 7) is -0.167. The molecule has 7 nitrogen and oxygen atoms in total. The first-order chi connectivity index (χ1) is 14.5. The van der Waals surface area contributed by atoms with E-state index >= 15 is 0 Å². The minimum absolute atomic E-state index is 0.0391. The summed E-state index contributed by atoms with van der Waals surface area (Å²) in [6.07, 6.45) is -1.79. The quantitative estimate of drug-likeness (QED) is 0.389. The molecule has 0 saturated heterocycles. The zero-order valence-electron chi connectivity index (χ0n) is 16.1. The molecule has 0 spiro atoms. The van der Waals surface area contributed by atoms with Crippen LogP contribution >= 0.6 is 63.7 Å². The second-order valence-electron chi connectivity index (χ2n) is 5.70. The van der Waals surface area contributed by atoms with Gasteiger partial charge in [0.25, 0.3) is 0 Å². The minimum Gasteiger partial charge on any atom is -0.506 e. The molecule has 2 rings (SSSR count). The number of ether oxygens (including phenoxy) is 3. The molecule has 0 aliphatic heterocycles. The average molecular weight is 696 g/mol. The minimum atomic E-state index is -1.70. The Labute approximate surface area is 211 Å². The zero-order valence-corrected chi connectivity index (χ0v) is 22.5. The van der Waals surface area contributed by atoms with Crippen LogP contribution in [0.1, 0.15) is 5.56 Å². The molecule has 0 heterocycles. The molecule has 0 fully saturated rings. The van der Waals surface area contributed by atoms with Gasteiger partial charge in [-0.15, -0.1) is 0 Å². The van der Waals surface area contributed by atoms with Gasteiger partial charge in [0.1, 0.15) is 17.2 Å². The van der Waals surface area contributed by atoms with E-state index in [2.05, 4.69) is 73.2 Å². The molecule has 2 N–H and O–H groups in total. The van der Waals surface area contributed by atoms with Crippen LogP contribution in [0.15, 0.2) is 42.2 Å². The van der Waals surface area contributed by atoms with Crippen LogP contribution in [-0.4, -0.2) is 49.1 Å². The molecule has 0 amide bonds. The first-order valence-corrected chi connectivity index (χ1v) is 11.4. The number of carbonyl (C=O) groups is 2. The molecule has 0 aliphatic rings. The van der Waals surface area contributed by atoms with E-state index in [1.54, 1.807) is 24.3 Å². The van der Waals surface area contributed by atoms with Crippen molar-refractivity contribution in [3.8, 4) is 17.2 Å². The number of alkyl halides is 1. The lowest BCUT2D eigenvalue weighted by atomic mass is 10.1. The Bertz CT molecular complexity index is 893. The Hall–Kier alpha value is -1.37. The number of esters is 2. The van der Waals surface area contributed by atoms with Crippen molar-refractivity contribution in [3.05, 3.63) is 47.7 Å². The van der Waals surface area contributed by atoms with Crippen molar-refractivity contribution >= 4 is 75.7 Å². The van der Waals surface area contributed by atoms with Crippen LogP contribution in [0.2, 0.25) is 0 Å². The van der Waals surface area contributed by atoms with E-state index in [0.717, 1.165) is 7.11 Å². The van der Waals surface area contributed by atoms with Crippen molar-refractivity contribution in [1.29, 1.82) is 0 Å². The Balaban J connectivity index is 0.000000311. The number of aromatic hydroxyl groups is 2. The number of halogens is 5. The van der Waals surface area contributed by atoms with Crippen molar-refractivity contribution in [3.63, 3.8) is 0 Å². The van der Waals surface area contributed by atoms with Crippen LogP contribution in [0.25, 0.3) is 0 Å². The molecule has 0 bridgehead atoms. The summed E-state index contributed by atoms with van der Waals surface area (Å²) in [7, 11) is 2.42. The molecule has 1 unspecified atom stereocenters. The summed E-state index contributed by atoms with van der Waals surface area (Å²) in [4.78, 5) is 21.7. The molecular formula is C19H17Br4FO7. The molecule has 0 aromatic heterocycles. The van der Waals surface area contributed by atoms with Crippen molar-refractivity contribution < 1.29 is 38.4 Å². The van der Waals surface area contributed by atoms with E-state index in [9.17, 15) is 24.2 Å². The third-order valence-electron chi connectivity index (χ3n) is 3.52. The summed E-state index contributed by atoms with van der Waals surface area (Å²) in [6, 6.07) is 6.22. The lowest BCUT2D eigenvalue weighted by molar-refractivity contribution is -0.146. The molecule has 2 aromatic rings. The SMILES string of the molecule is COC(=O)C(F)Cc1cc(Br)c(O)c(Br)c1.COC(=O)COc1cc(Br)c(O)c(Br)c1. The third kappa shape index (κ3) is 8.95. The fourth-order valence-corrected chi connectivity index (χ4v) is 4.41. The van der Waals surface area contributed by atoms with Gasteiger partial charge in [-0.25, -0.2) is 14.0 Å². The fraction of sp³-hybridized carbons (Fsp3) is 0.263. The molecular weight excluding hydrogens is 679 g/mol. The molecule has 2 aromatic carbocycles. The van der Waals surface area contributed by atoms with Crippen LogP contribution in [0.4, 0.5) is 4.39 Å². The van der Waals surface area contributed by atoms with Crippen LogP contribution in [-0.2, 0) is 25.5 Å². The highest BCUT2D eigenvalue weighted by Gasteiger charge is 2.19. The molecule has 0 aliphatic carbocycles. The lowest BCUT2D eigenvalue weighted by Gasteiger charge is -2.08. The number of hydrogen-bond donors (Lipinski definition) is 2. The van der Waals surface area contributed by atoms with Gasteiger partial charge in [-0.3, -0.25) is 0 Å². The van der Waals surface area contributed by atoms with E-state index in [4.69, 9.17) is 4.74 Å². The monoisotopic (exact) mass is 692 g/mol. The topological polar surface area (TPSA) is 102 Å². The summed E-state index contributed by atoms with van der Waals surface area (Å²) in [5.41, 5.74) is 0.578. The van der Waals surface area contributed by atoms with Gasteiger partial charge in [0.05, 0.1) is 32.1 Å². The van der Waals surface area contributed by atoms with Gasteiger partial charge in [-0.05, 0) is 93.5 Å². The van der Waals surface area contributed by atoms with Crippen LogP contribution < -0.4 is 4.74 Å². The standard InChI is InChI=1S/C10H9Br2FO3.C9H8Br2O4/c1-16-10(15)8(13)4-5-2-6(11)9(14)7(12)3-5;1-14-8(12)4-15-5-2-6(10)9(13)7(11)3-5/h2-3,8,14H,4H2,1H3;2-3,13H,4H2,1H3. The highest BCUT2D eigenvalue weighted by Crippen LogP contribution is 2.36. The van der Waals surface area contributed by atoms with Crippen molar-refractivity contribution in [2.24, 2.45) is 0 Å². The first-order valence-electron chi connectivity index (χ1n) is 8.26. The number of methoxy groups -OCH3 is 2. The average Bonchev–Trinajstić information content (AvgIpc) is 2.73. The third-order valence-corrected chi connectivity index (χ3v) is 5.94.